The number of nitrogens with one attached hydrogen (secondary N) is 1. The van der Waals surface area contributed by atoms with E-state index in [1.54, 1.807) is 0 Å². The smallest absolute Gasteiger partial charge is 0.220 e. The highest BCUT2D eigenvalue weighted by molar-refractivity contribution is 5.34. The van der Waals surface area contributed by atoms with Gasteiger partial charge in [-0.25, -0.2) is 0 Å². The second kappa shape index (κ2) is 5.75. The molecule has 0 amide bonds. The summed E-state index contributed by atoms with van der Waals surface area (Å²) in [5.74, 6) is 1.89. The first-order chi connectivity index (χ1) is 9.72. The molecule has 4 nitrogen and oxygen atoms in total. The molecular weight excluding hydrogens is 250 g/mol. The first-order valence-corrected chi connectivity index (χ1v) is 7.35. The molecule has 0 unspecified atom stereocenters. The van der Waals surface area contributed by atoms with Crippen LogP contribution in [0.4, 0.5) is 0 Å². The van der Waals surface area contributed by atoms with Crippen molar-refractivity contribution in [1.29, 1.82) is 0 Å². The van der Waals surface area contributed by atoms with Gasteiger partial charge in [-0.1, -0.05) is 38.1 Å². The molecule has 1 aromatic carbocycles. The van der Waals surface area contributed by atoms with Crippen molar-refractivity contribution in [2.24, 2.45) is 0 Å². The van der Waals surface area contributed by atoms with Crippen LogP contribution in [-0.2, 0) is 19.3 Å². The molecule has 0 aliphatic heterocycles. The van der Waals surface area contributed by atoms with Crippen molar-refractivity contribution in [2.75, 3.05) is 6.54 Å². The Morgan fingerprint density at radius 2 is 1.90 bits per heavy atom. The molecule has 0 spiro atoms. The Labute approximate surface area is 119 Å². The van der Waals surface area contributed by atoms with E-state index in [2.05, 4.69) is 53.6 Å². The quantitative estimate of drug-likeness (QED) is 0.907. The topological polar surface area (TPSA) is 51.0 Å². The summed E-state index contributed by atoms with van der Waals surface area (Å²) in [5.41, 5.74) is 2.83. The number of hydrogen-bond acceptors (Lipinski definition) is 4. The van der Waals surface area contributed by atoms with E-state index >= 15 is 0 Å². The molecule has 20 heavy (non-hydrogen) atoms. The summed E-state index contributed by atoms with van der Waals surface area (Å²) < 4.78 is 5.82. The van der Waals surface area contributed by atoms with Gasteiger partial charge < -0.3 is 9.73 Å². The van der Waals surface area contributed by atoms with Gasteiger partial charge in [0.25, 0.3) is 0 Å². The molecule has 1 N–H and O–H groups in total. The second-order valence-corrected chi connectivity index (χ2v) is 5.77. The van der Waals surface area contributed by atoms with E-state index in [-0.39, 0.29) is 0 Å². The van der Waals surface area contributed by atoms with E-state index in [0.29, 0.717) is 12.0 Å². The summed E-state index contributed by atoms with van der Waals surface area (Å²) in [6.45, 7) is 5.15. The third-order valence-corrected chi connectivity index (χ3v) is 3.77. The highest BCUT2D eigenvalue weighted by Gasteiger charge is 2.26. The number of benzene rings is 1. The zero-order valence-electron chi connectivity index (χ0n) is 12.1. The van der Waals surface area contributed by atoms with Gasteiger partial charge in [0.15, 0.2) is 0 Å². The van der Waals surface area contributed by atoms with E-state index in [1.165, 1.54) is 11.1 Å². The number of nitrogens with zero attached hydrogens (tertiary/aromatic N) is 2. The van der Waals surface area contributed by atoms with Crippen molar-refractivity contribution in [3.05, 3.63) is 47.2 Å². The van der Waals surface area contributed by atoms with Crippen molar-refractivity contribution < 1.29 is 4.42 Å². The standard InChI is InChI=1S/C16H21N3O/c1-11(2)17-8-7-15-18-19-16(20-15)14-9-12-5-3-4-6-13(12)10-14/h3-6,11,14,17H,7-10H2,1-2H3. The predicted octanol–water partition coefficient (Wildman–Crippen LogP) is 2.49. The molecule has 106 valence electrons. The van der Waals surface area contributed by atoms with E-state index in [1.807, 2.05) is 0 Å². The molecule has 1 heterocycles. The summed E-state index contributed by atoms with van der Waals surface area (Å²) in [6.07, 6.45) is 2.83. The number of aromatic nitrogens is 2. The Hall–Kier alpha value is -1.68. The number of fused-ring (bicyclic) bond motifs is 1. The van der Waals surface area contributed by atoms with Gasteiger partial charge >= 0.3 is 0 Å². The van der Waals surface area contributed by atoms with E-state index in [4.69, 9.17) is 4.42 Å². The van der Waals surface area contributed by atoms with Gasteiger partial charge in [0.1, 0.15) is 0 Å². The summed E-state index contributed by atoms with van der Waals surface area (Å²) in [4.78, 5) is 0. The van der Waals surface area contributed by atoms with Crippen LogP contribution in [0.2, 0.25) is 0 Å². The molecule has 1 aliphatic carbocycles. The fourth-order valence-corrected chi connectivity index (χ4v) is 2.73. The van der Waals surface area contributed by atoms with Crippen LogP contribution in [0.1, 0.15) is 42.7 Å². The van der Waals surface area contributed by atoms with Crippen LogP contribution in [-0.4, -0.2) is 22.8 Å². The van der Waals surface area contributed by atoms with E-state index < -0.39 is 0 Å². The predicted molar refractivity (Wildman–Crippen MR) is 77.7 cm³/mol. The molecule has 0 saturated heterocycles. The van der Waals surface area contributed by atoms with Crippen LogP contribution in [0, 0.1) is 0 Å². The summed E-state index contributed by atoms with van der Waals surface area (Å²) in [7, 11) is 0. The van der Waals surface area contributed by atoms with Crippen molar-refractivity contribution in [3.8, 4) is 0 Å². The first-order valence-electron chi connectivity index (χ1n) is 7.35. The Balaban J connectivity index is 1.61. The molecule has 0 saturated carbocycles. The third-order valence-electron chi connectivity index (χ3n) is 3.77. The Kier molecular flexibility index (Phi) is 3.83. The normalized spacial score (nSPS) is 14.9. The van der Waals surface area contributed by atoms with Crippen molar-refractivity contribution in [1.82, 2.24) is 15.5 Å². The van der Waals surface area contributed by atoms with Crippen LogP contribution >= 0.6 is 0 Å². The average molecular weight is 271 g/mol. The lowest BCUT2D eigenvalue weighted by Gasteiger charge is -2.05. The van der Waals surface area contributed by atoms with Crippen molar-refractivity contribution >= 4 is 0 Å². The third kappa shape index (κ3) is 2.90. The monoisotopic (exact) mass is 271 g/mol. The Bertz CT molecular complexity index is 552. The van der Waals surface area contributed by atoms with Gasteiger partial charge in [-0.15, -0.1) is 10.2 Å². The number of rotatable bonds is 5. The van der Waals surface area contributed by atoms with Crippen LogP contribution in [0.3, 0.4) is 0 Å². The summed E-state index contributed by atoms with van der Waals surface area (Å²) in [5, 5.41) is 11.8. The van der Waals surface area contributed by atoms with Crippen molar-refractivity contribution in [3.63, 3.8) is 0 Å². The maximum atomic E-state index is 5.82. The van der Waals surface area contributed by atoms with Crippen molar-refractivity contribution in [2.45, 2.75) is 45.1 Å². The lowest BCUT2D eigenvalue weighted by Crippen LogP contribution is -2.25. The maximum absolute atomic E-state index is 5.82. The molecular formula is C16H21N3O. The molecule has 0 radical (unpaired) electrons. The van der Waals surface area contributed by atoms with Crippen LogP contribution in [0.5, 0.6) is 0 Å². The van der Waals surface area contributed by atoms with Crippen LogP contribution in [0.25, 0.3) is 0 Å². The molecule has 1 aromatic heterocycles. The lowest BCUT2D eigenvalue weighted by molar-refractivity contribution is 0.412. The number of hydrogen-bond donors (Lipinski definition) is 1. The second-order valence-electron chi connectivity index (χ2n) is 5.77. The Morgan fingerprint density at radius 1 is 1.20 bits per heavy atom. The zero-order chi connectivity index (χ0) is 13.9. The van der Waals surface area contributed by atoms with Gasteiger partial charge in [0, 0.05) is 24.9 Å². The SMILES string of the molecule is CC(C)NCCc1nnc(C2Cc3ccccc3C2)o1. The van der Waals surface area contributed by atoms with Crippen LogP contribution in [0.15, 0.2) is 28.7 Å². The molecule has 0 atom stereocenters. The molecule has 3 rings (SSSR count). The van der Waals surface area contributed by atoms with Crippen LogP contribution < -0.4 is 5.32 Å². The largest absolute Gasteiger partial charge is 0.425 e. The maximum Gasteiger partial charge on any atom is 0.220 e. The summed E-state index contributed by atoms with van der Waals surface area (Å²) in [6, 6.07) is 9.07. The highest BCUT2D eigenvalue weighted by Crippen LogP contribution is 2.32. The molecule has 1 aliphatic rings. The fraction of sp³-hybridized carbons (Fsp3) is 0.500. The van der Waals surface area contributed by atoms with Gasteiger partial charge in [-0.2, -0.15) is 0 Å². The zero-order valence-corrected chi connectivity index (χ0v) is 12.1. The fourth-order valence-electron chi connectivity index (χ4n) is 2.73. The van der Waals surface area contributed by atoms with Gasteiger partial charge in [0.2, 0.25) is 11.8 Å². The molecule has 2 aromatic rings. The molecule has 4 heteroatoms. The minimum atomic E-state index is 0.353. The molecule has 0 fully saturated rings. The lowest BCUT2D eigenvalue weighted by atomic mass is 10.1. The van der Waals surface area contributed by atoms with E-state index in [0.717, 1.165) is 37.6 Å². The average Bonchev–Trinajstić information content (AvgIpc) is 3.03. The van der Waals surface area contributed by atoms with E-state index in [9.17, 15) is 0 Å². The minimum absolute atomic E-state index is 0.353. The van der Waals surface area contributed by atoms with Gasteiger partial charge in [-0.05, 0) is 24.0 Å². The Morgan fingerprint density at radius 3 is 2.55 bits per heavy atom. The van der Waals surface area contributed by atoms with Gasteiger partial charge in [0.05, 0.1) is 0 Å². The summed E-state index contributed by atoms with van der Waals surface area (Å²) >= 11 is 0. The first kappa shape index (κ1) is 13.3. The minimum Gasteiger partial charge on any atom is -0.425 e. The highest BCUT2D eigenvalue weighted by atomic mass is 16.4. The molecule has 0 bridgehead atoms. The van der Waals surface area contributed by atoms with Gasteiger partial charge in [-0.3, -0.25) is 0 Å².